The van der Waals surface area contributed by atoms with Crippen LogP contribution in [0.3, 0.4) is 0 Å². The van der Waals surface area contributed by atoms with Crippen LogP contribution in [0, 0.1) is 5.92 Å². The molecule has 0 aromatic carbocycles. The summed E-state index contributed by atoms with van der Waals surface area (Å²) < 4.78 is 1.82. The Morgan fingerprint density at radius 2 is 2.47 bits per heavy atom. The molecule has 1 N–H and O–H groups in total. The van der Waals surface area contributed by atoms with Gasteiger partial charge in [-0.1, -0.05) is 12.1 Å². The minimum absolute atomic E-state index is 0.0598. The van der Waals surface area contributed by atoms with Gasteiger partial charge in [0.05, 0.1) is 12.1 Å². The van der Waals surface area contributed by atoms with E-state index in [1.807, 2.05) is 17.8 Å². The fraction of sp³-hybridized carbons (Fsp3) is 0.700. The molecule has 15 heavy (non-hydrogen) atoms. The maximum absolute atomic E-state index is 10.5. The van der Waals surface area contributed by atoms with Crippen molar-refractivity contribution in [1.29, 1.82) is 0 Å². The molecular weight excluding hydrogens is 194 g/mol. The first-order valence-corrected chi connectivity index (χ1v) is 5.27. The average molecular weight is 209 g/mol. The third-order valence-corrected chi connectivity index (χ3v) is 2.68. The standard InChI is InChI=1S/C10H15N3O2/c1-7(4-10(14)15)9-6-13(12-11-9)5-8-2-3-8/h6-8H,2-5H2,1H3,(H,14,15). The third-order valence-electron chi connectivity index (χ3n) is 2.68. The van der Waals surface area contributed by atoms with Gasteiger partial charge >= 0.3 is 5.97 Å². The second kappa shape index (κ2) is 4.00. The summed E-state index contributed by atoms with van der Waals surface area (Å²) >= 11 is 0. The van der Waals surface area contributed by atoms with Gasteiger partial charge in [0.1, 0.15) is 0 Å². The SMILES string of the molecule is CC(CC(=O)O)c1cn(CC2CC2)nn1. The van der Waals surface area contributed by atoms with Gasteiger partial charge in [0.25, 0.3) is 0 Å². The van der Waals surface area contributed by atoms with E-state index >= 15 is 0 Å². The highest BCUT2D eigenvalue weighted by Crippen LogP contribution is 2.30. The van der Waals surface area contributed by atoms with Crippen molar-refractivity contribution in [2.24, 2.45) is 5.92 Å². The lowest BCUT2D eigenvalue weighted by atomic mass is 10.1. The van der Waals surface area contributed by atoms with E-state index in [1.165, 1.54) is 12.8 Å². The Kier molecular flexibility index (Phi) is 2.70. The molecule has 1 heterocycles. The van der Waals surface area contributed by atoms with Gasteiger partial charge in [0.2, 0.25) is 0 Å². The van der Waals surface area contributed by atoms with Crippen molar-refractivity contribution in [2.75, 3.05) is 0 Å². The summed E-state index contributed by atoms with van der Waals surface area (Å²) in [7, 11) is 0. The molecule has 0 aliphatic heterocycles. The number of aliphatic carboxylic acids is 1. The molecule has 0 spiro atoms. The van der Waals surface area contributed by atoms with E-state index in [9.17, 15) is 4.79 Å². The molecule has 1 saturated carbocycles. The summed E-state index contributed by atoms with van der Waals surface area (Å²) in [5, 5.41) is 16.7. The molecule has 1 unspecified atom stereocenters. The van der Waals surface area contributed by atoms with Gasteiger partial charge in [0.15, 0.2) is 0 Å². The number of rotatable bonds is 5. The topological polar surface area (TPSA) is 68.0 Å². The minimum atomic E-state index is -0.792. The molecule has 5 heteroatoms. The lowest BCUT2D eigenvalue weighted by Crippen LogP contribution is -2.03. The number of hydrogen-bond acceptors (Lipinski definition) is 3. The van der Waals surface area contributed by atoms with Crippen molar-refractivity contribution in [3.8, 4) is 0 Å². The molecule has 5 nitrogen and oxygen atoms in total. The Morgan fingerprint density at radius 3 is 3.07 bits per heavy atom. The highest BCUT2D eigenvalue weighted by atomic mass is 16.4. The summed E-state index contributed by atoms with van der Waals surface area (Å²) in [6.07, 6.45) is 4.54. The van der Waals surface area contributed by atoms with Crippen molar-refractivity contribution in [2.45, 2.75) is 38.6 Å². The molecule has 2 rings (SSSR count). The minimum Gasteiger partial charge on any atom is -0.481 e. The van der Waals surface area contributed by atoms with E-state index in [0.717, 1.165) is 18.2 Å². The Labute approximate surface area is 88.1 Å². The summed E-state index contributed by atoms with van der Waals surface area (Å²) in [6, 6.07) is 0. The van der Waals surface area contributed by atoms with Crippen LogP contribution in [0.4, 0.5) is 0 Å². The van der Waals surface area contributed by atoms with Gasteiger partial charge in [-0.25, -0.2) is 0 Å². The van der Waals surface area contributed by atoms with Crippen LogP contribution in [-0.4, -0.2) is 26.1 Å². The van der Waals surface area contributed by atoms with Crippen LogP contribution in [0.2, 0.25) is 0 Å². The second-order valence-corrected chi connectivity index (χ2v) is 4.31. The molecular formula is C10H15N3O2. The van der Waals surface area contributed by atoms with Crippen molar-refractivity contribution < 1.29 is 9.90 Å². The number of carboxylic acids is 1. The predicted octanol–water partition coefficient (Wildman–Crippen LogP) is 1.27. The van der Waals surface area contributed by atoms with Gasteiger partial charge in [-0.2, -0.15) is 0 Å². The van der Waals surface area contributed by atoms with Crippen molar-refractivity contribution >= 4 is 5.97 Å². The zero-order valence-electron chi connectivity index (χ0n) is 8.76. The van der Waals surface area contributed by atoms with Gasteiger partial charge < -0.3 is 5.11 Å². The van der Waals surface area contributed by atoms with Crippen LogP contribution < -0.4 is 0 Å². The third kappa shape index (κ3) is 2.78. The van der Waals surface area contributed by atoms with Gasteiger partial charge in [-0.15, -0.1) is 5.10 Å². The average Bonchev–Trinajstić information content (AvgIpc) is 2.80. The Hall–Kier alpha value is -1.39. The lowest BCUT2D eigenvalue weighted by molar-refractivity contribution is -0.137. The monoisotopic (exact) mass is 209 g/mol. The smallest absolute Gasteiger partial charge is 0.304 e. The number of carboxylic acid groups (broad SMARTS) is 1. The molecule has 1 fully saturated rings. The molecule has 0 amide bonds. The Balaban J connectivity index is 1.95. The molecule has 1 atom stereocenters. The first-order chi connectivity index (χ1) is 7.15. The maximum atomic E-state index is 10.5. The molecule has 0 saturated heterocycles. The fourth-order valence-electron chi connectivity index (χ4n) is 1.56. The van der Waals surface area contributed by atoms with E-state index in [4.69, 9.17) is 5.11 Å². The molecule has 1 aliphatic carbocycles. The number of aromatic nitrogens is 3. The van der Waals surface area contributed by atoms with Gasteiger partial charge in [0, 0.05) is 18.7 Å². The summed E-state index contributed by atoms with van der Waals surface area (Å²) in [6.45, 7) is 2.78. The van der Waals surface area contributed by atoms with Crippen LogP contribution in [0.1, 0.15) is 37.8 Å². The van der Waals surface area contributed by atoms with Crippen LogP contribution in [0.5, 0.6) is 0 Å². The van der Waals surface area contributed by atoms with Crippen molar-refractivity contribution in [1.82, 2.24) is 15.0 Å². The van der Waals surface area contributed by atoms with Crippen molar-refractivity contribution in [3.05, 3.63) is 11.9 Å². The van der Waals surface area contributed by atoms with E-state index in [0.29, 0.717) is 0 Å². The zero-order chi connectivity index (χ0) is 10.8. The quantitative estimate of drug-likeness (QED) is 0.792. The largest absolute Gasteiger partial charge is 0.481 e. The van der Waals surface area contributed by atoms with Crippen LogP contribution >= 0.6 is 0 Å². The van der Waals surface area contributed by atoms with Crippen molar-refractivity contribution in [3.63, 3.8) is 0 Å². The maximum Gasteiger partial charge on any atom is 0.304 e. The van der Waals surface area contributed by atoms with E-state index in [1.54, 1.807) is 0 Å². The normalized spacial score (nSPS) is 17.7. The highest BCUT2D eigenvalue weighted by molar-refractivity contribution is 5.67. The summed E-state index contributed by atoms with van der Waals surface area (Å²) in [5.74, 6) is -0.0935. The van der Waals surface area contributed by atoms with Gasteiger partial charge in [-0.05, 0) is 18.8 Å². The first kappa shape index (κ1) is 10.1. The molecule has 1 aliphatic rings. The Bertz CT molecular complexity index is 357. The Morgan fingerprint density at radius 1 is 1.73 bits per heavy atom. The van der Waals surface area contributed by atoms with Gasteiger partial charge in [-0.3, -0.25) is 9.48 Å². The number of hydrogen-bond donors (Lipinski definition) is 1. The molecule has 82 valence electrons. The van der Waals surface area contributed by atoms with E-state index in [-0.39, 0.29) is 12.3 Å². The predicted molar refractivity (Wildman–Crippen MR) is 53.4 cm³/mol. The lowest BCUT2D eigenvalue weighted by Gasteiger charge is -2.02. The van der Waals surface area contributed by atoms with E-state index < -0.39 is 5.97 Å². The van der Waals surface area contributed by atoms with Crippen LogP contribution in [0.25, 0.3) is 0 Å². The zero-order valence-corrected chi connectivity index (χ0v) is 8.76. The molecule has 1 aromatic rings. The fourth-order valence-corrected chi connectivity index (χ4v) is 1.56. The van der Waals surface area contributed by atoms with Crippen LogP contribution in [-0.2, 0) is 11.3 Å². The molecule has 0 radical (unpaired) electrons. The molecule has 1 aromatic heterocycles. The first-order valence-electron chi connectivity index (χ1n) is 5.27. The number of carbonyl (C=O) groups is 1. The second-order valence-electron chi connectivity index (χ2n) is 4.31. The highest BCUT2D eigenvalue weighted by Gasteiger charge is 2.23. The summed E-state index contributed by atoms with van der Waals surface area (Å²) in [5.41, 5.74) is 0.776. The van der Waals surface area contributed by atoms with E-state index in [2.05, 4.69) is 10.3 Å². The number of nitrogens with zero attached hydrogens (tertiary/aromatic N) is 3. The summed E-state index contributed by atoms with van der Waals surface area (Å²) in [4.78, 5) is 10.5. The van der Waals surface area contributed by atoms with Crippen LogP contribution in [0.15, 0.2) is 6.20 Å². The molecule has 0 bridgehead atoms.